The van der Waals surface area contributed by atoms with Crippen LogP contribution < -0.4 is 5.32 Å². The van der Waals surface area contributed by atoms with Crippen molar-refractivity contribution in [3.8, 4) is 11.4 Å². The van der Waals surface area contributed by atoms with Gasteiger partial charge in [0.1, 0.15) is 4.90 Å². The number of alkyl halides is 3. The topological polar surface area (TPSA) is 88.3 Å². The minimum atomic E-state index is -4.48. The number of anilines is 1. The first-order valence-electron chi connectivity index (χ1n) is 9.60. The van der Waals surface area contributed by atoms with Gasteiger partial charge in [-0.15, -0.1) is 0 Å². The molecule has 0 saturated carbocycles. The average molecular weight is 489 g/mol. The molecule has 12 heteroatoms. The van der Waals surface area contributed by atoms with Crippen LogP contribution in [0.4, 0.5) is 18.9 Å². The summed E-state index contributed by atoms with van der Waals surface area (Å²) < 4.78 is 70.7. The van der Waals surface area contributed by atoms with Crippen molar-refractivity contribution in [1.82, 2.24) is 14.4 Å². The highest BCUT2D eigenvalue weighted by Gasteiger charge is 2.31. The lowest BCUT2D eigenvalue weighted by molar-refractivity contribution is -0.137. The standard InChI is InChI=1S/C20H20ClF3N4O3S/c1-3-28(4-2)32(29,30)17-11-15(8-9-16(17)21)25-12-18-26-19(27-31-18)13-6-5-7-14(10-13)20(22,23)24/h5-11,25H,3-4,12H2,1-2H3. The Morgan fingerprint density at radius 2 is 1.84 bits per heavy atom. The normalized spacial score (nSPS) is 12.3. The number of nitrogens with one attached hydrogen (secondary N) is 1. The number of hydrogen-bond acceptors (Lipinski definition) is 6. The number of aromatic nitrogens is 2. The second-order valence-corrected chi connectivity index (χ2v) is 8.99. The van der Waals surface area contributed by atoms with E-state index in [1.54, 1.807) is 19.9 Å². The summed E-state index contributed by atoms with van der Waals surface area (Å²) in [5.74, 6) is 0.120. The molecule has 0 unspecified atom stereocenters. The molecule has 0 aliphatic heterocycles. The molecule has 0 bridgehead atoms. The zero-order valence-electron chi connectivity index (χ0n) is 17.1. The van der Waals surface area contributed by atoms with Gasteiger partial charge < -0.3 is 9.84 Å². The summed E-state index contributed by atoms with van der Waals surface area (Å²) in [5, 5.41) is 6.77. The fourth-order valence-electron chi connectivity index (χ4n) is 2.97. The molecule has 0 radical (unpaired) electrons. The highest BCUT2D eigenvalue weighted by molar-refractivity contribution is 7.89. The first-order valence-corrected chi connectivity index (χ1v) is 11.4. The van der Waals surface area contributed by atoms with Gasteiger partial charge in [0.15, 0.2) is 0 Å². The molecule has 0 amide bonds. The van der Waals surface area contributed by atoms with E-state index in [0.717, 1.165) is 12.1 Å². The molecular weight excluding hydrogens is 469 g/mol. The molecule has 1 aromatic heterocycles. The van der Waals surface area contributed by atoms with Gasteiger partial charge in [-0.05, 0) is 30.3 Å². The molecular formula is C20H20ClF3N4O3S. The summed E-state index contributed by atoms with van der Waals surface area (Å²) in [7, 11) is -3.77. The Kier molecular flexibility index (Phi) is 7.11. The first-order chi connectivity index (χ1) is 15.1. The van der Waals surface area contributed by atoms with Crippen LogP contribution in [-0.2, 0) is 22.7 Å². The molecule has 3 aromatic rings. The molecule has 3 rings (SSSR count). The van der Waals surface area contributed by atoms with Crippen LogP contribution in [0.1, 0.15) is 25.3 Å². The van der Waals surface area contributed by atoms with Crippen LogP contribution >= 0.6 is 11.6 Å². The number of halogens is 4. The van der Waals surface area contributed by atoms with Crippen molar-refractivity contribution in [3.63, 3.8) is 0 Å². The molecule has 0 fully saturated rings. The van der Waals surface area contributed by atoms with Gasteiger partial charge in [0.05, 0.1) is 17.1 Å². The Bertz CT molecular complexity index is 1190. The van der Waals surface area contributed by atoms with E-state index in [0.29, 0.717) is 18.8 Å². The van der Waals surface area contributed by atoms with Gasteiger partial charge in [-0.25, -0.2) is 8.42 Å². The number of rotatable bonds is 8. The molecule has 1 heterocycles. The third-order valence-electron chi connectivity index (χ3n) is 4.61. The number of nitrogens with zero attached hydrogens (tertiary/aromatic N) is 3. The lowest BCUT2D eigenvalue weighted by Gasteiger charge is -2.19. The molecule has 0 saturated heterocycles. The lowest BCUT2D eigenvalue weighted by atomic mass is 10.1. The van der Waals surface area contributed by atoms with Crippen molar-refractivity contribution in [2.75, 3.05) is 18.4 Å². The molecule has 172 valence electrons. The third kappa shape index (κ3) is 5.22. The van der Waals surface area contributed by atoms with E-state index in [4.69, 9.17) is 16.1 Å². The van der Waals surface area contributed by atoms with E-state index in [1.807, 2.05) is 0 Å². The Hall–Kier alpha value is -2.63. The Morgan fingerprint density at radius 1 is 1.12 bits per heavy atom. The van der Waals surface area contributed by atoms with Crippen molar-refractivity contribution in [3.05, 3.63) is 58.9 Å². The summed E-state index contributed by atoms with van der Waals surface area (Å²) in [5.41, 5.74) is -0.213. The SMILES string of the molecule is CCN(CC)S(=O)(=O)c1cc(NCc2nc(-c3cccc(C(F)(F)F)c3)no2)ccc1Cl. The quantitative estimate of drug-likeness (QED) is 0.477. The van der Waals surface area contributed by atoms with Gasteiger partial charge >= 0.3 is 6.18 Å². The van der Waals surface area contributed by atoms with Crippen molar-refractivity contribution in [2.45, 2.75) is 31.5 Å². The van der Waals surface area contributed by atoms with Crippen molar-refractivity contribution in [2.24, 2.45) is 0 Å². The molecule has 7 nitrogen and oxygen atoms in total. The van der Waals surface area contributed by atoms with Crippen molar-refractivity contribution < 1.29 is 26.1 Å². The summed E-state index contributed by atoms with van der Waals surface area (Å²) in [6.07, 6.45) is -4.48. The van der Waals surface area contributed by atoms with Crippen LogP contribution in [0.25, 0.3) is 11.4 Å². The van der Waals surface area contributed by atoms with Crippen LogP contribution in [0.15, 0.2) is 51.9 Å². The number of sulfonamides is 1. The van der Waals surface area contributed by atoms with E-state index in [-0.39, 0.29) is 33.7 Å². The van der Waals surface area contributed by atoms with E-state index < -0.39 is 21.8 Å². The average Bonchev–Trinajstić information content (AvgIpc) is 3.22. The minimum absolute atomic E-state index is 0.00815. The van der Waals surface area contributed by atoms with E-state index in [1.165, 1.54) is 28.6 Å². The summed E-state index contributed by atoms with van der Waals surface area (Å²) >= 11 is 6.12. The Balaban J connectivity index is 1.77. The van der Waals surface area contributed by atoms with Gasteiger partial charge in [0, 0.05) is 24.3 Å². The molecule has 32 heavy (non-hydrogen) atoms. The van der Waals surface area contributed by atoms with Gasteiger partial charge in [-0.1, -0.05) is 42.7 Å². The van der Waals surface area contributed by atoms with E-state index in [9.17, 15) is 21.6 Å². The maximum absolute atomic E-state index is 12.9. The molecule has 0 spiro atoms. The van der Waals surface area contributed by atoms with Crippen molar-refractivity contribution >= 4 is 27.3 Å². The smallest absolute Gasteiger partial charge is 0.376 e. The van der Waals surface area contributed by atoms with Gasteiger partial charge in [0.25, 0.3) is 0 Å². The highest BCUT2D eigenvalue weighted by Crippen LogP contribution is 2.32. The zero-order chi connectivity index (χ0) is 23.5. The summed E-state index contributed by atoms with van der Waals surface area (Å²) in [6.45, 7) is 4.09. The van der Waals surface area contributed by atoms with Crippen LogP contribution in [-0.4, -0.2) is 36.0 Å². The lowest BCUT2D eigenvalue weighted by Crippen LogP contribution is -2.30. The second kappa shape index (κ2) is 9.47. The number of benzene rings is 2. The molecule has 1 N–H and O–H groups in total. The maximum Gasteiger partial charge on any atom is 0.416 e. The Labute approximate surface area is 188 Å². The monoisotopic (exact) mass is 488 g/mol. The second-order valence-electron chi connectivity index (χ2n) is 6.68. The molecule has 2 aromatic carbocycles. The van der Waals surface area contributed by atoms with Crippen LogP contribution in [0, 0.1) is 0 Å². The summed E-state index contributed by atoms with van der Waals surface area (Å²) in [4.78, 5) is 4.06. The van der Waals surface area contributed by atoms with E-state index in [2.05, 4.69) is 15.5 Å². The van der Waals surface area contributed by atoms with Crippen LogP contribution in [0.2, 0.25) is 5.02 Å². The van der Waals surface area contributed by atoms with Gasteiger partial charge in [0.2, 0.25) is 21.7 Å². The van der Waals surface area contributed by atoms with E-state index >= 15 is 0 Å². The van der Waals surface area contributed by atoms with Gasteiger partial charge in [-0.3, -0.25) is 0 Å². The number of hydrogen-bond donors (Lipinski definition) is 1. The van der Waals surface area contributed by atoms with Crippen LogP contribution in [0.5, 0.6) is 0 Å². The fourth-order valence-corrected chi connectivity index (χ4v) is 4.93. The van der Waals surface area contributed by atoms with Crippen molar-refractivity contribution in [1.29, 1.82) is 0 Å². The predicted octanol–water partition coefficient (Wildman–Crippen LogP) is 5.05. The first kappa shape index (κ1) is 24.0. The van der Waals surface area contributed by atoms with Crippen LogP contribution in [0.3, 0.4) is 0 Å². The summed E-state index contributed by atoms with van der Waals surface area (Å²) in [6, 6.07) is 9.05. The fraction of sp³-hybridized carbons (Fsp3) is 0.300. The molecule has 0 aliphatic carbocycles. The third-order valence-corrected chi connectivity index (χ3v) is 7.15. The van der Waals surface area contributed by atoms with Gasteiger partial charge in [-0.2, -0.15) is 22.5 Å². The molecule has 0 atom stereocenters. The zero-order valence-corrected chi connectivity index (χ0v) is 18.7. The predicted molar refractivity (Wildman–Crippen MR) is 114 cm³/mol. The largest absolute Gasteiger partial charge is 0.416 e. The highest BCUT2D eigenvalue weighted by atomic mass is 35.5. The maximum atomic E-state index is 12.9. The Morgan fingerprint density at radius 3 is 2.50 bits per heavy atom. The minimum Gasteiger partial charge on any atom is -0.376 e. The molecule has 0 aliphatic rings.